The maximum Gasteiger partial charge on any atom is 0.101 e. The molecule has 0 aromatic heterocycles. The van der Waals surface area contributed by atoms with Crippen LogP contribution >= 0.6 is 0 Å². The van der Waals surface area contributed by atoms with E-state index < -0.39 is 10.1 Å². The third kappa shape index (κ3) is 50.3. The second-order valence-electron chi connectivity index (χ2n) is 20.0. The van der Waals surface area contributed by atoms with Crippen LogP contribution in [-0.2, 0) is 10.1 Å². The molecule has 5 heteroatoms. The monoisotopic (exact) mass is 904 g/mol. The molecule has 63 heavy (non-hydrogen) atoms. The van der Waals surface area contributed by atoms with Gasteiger partial charge in [0, 0.05) is 5.75 Å². The third-order valence-electron chi connectivity index (χ3n) is 13.5. The Bertz CT molecular complexity index is 979. The molecule has 0 heterocycles. The number of quaternary nitrogens is 1. The highest BCUT2D eigenvalue weighted by Gasteiger charge is 2.19. The van der Waals surface area contributed by atoms with Gasteiger partial charge < -0.3 is 4.55 Å². The van der Waals surface area contributed by atoms with Gasteiger partial charge in [-0.15, -0.1) is 0 Å². The average molecular weight is 905 g/mol. The zero-order chi connectivity index (χ0) is 45.9. The lowest BCUT2D eigenvalue weighted by Crippen LogP contribution is -2.32. The number of nitrogens with zero attached hydrogens (tertiary/aromatic N) is 1. The van der Waals surface area contributed by atoms with Crippen LogP contribution in [0.2, 0.25) is 0 Å². The van der Waals surface area contributed by atoms with Crippen molar-refractivity contribution in [2.24, 2.45) is 0 Å². The van der Waals surface area contributed by atoms with E-state index in [0.717, 1.165) is 32.2 Å². The van der Waals surface area contributed by atoms with Gasteiger partial charge in [0.15, 0.2) is 0 Å². The van der Waals surface area contributed by atoms with Gasteiger partial charge in [-0.3, -0.25) is 0 Å². The van der Waals surface area contributed by atoms with Crippen LogP contribution in [0.4, 0.5) is 0 Å². The van der Waals surface area contributed by atoms with Crippen LogP contribution < -0.4 is 0 Å². The lowest BCUT2D eigenvalue weighted by atomic mass is 10.0. The Kier molecular flexibility index (Phi) is 49.8. The van der Waals surface area contributed by atoms with Crippen molar-refractivity contribution in [1.82, 2.24) is 0 Å². The van der Waals surface area contributed by atoms with Gasteiger partial charge in [0.05, 0.1) is 16.7 Å². The van der Waals surface area contributed by atoms with E-state index in [4.69, 9.17) is 0 Å². The summed E-state index contributed by atoms with van der Waals surface area (Å²) in [6.07, 6.45) is 76.6. The molecule has 0 aliphatic carbocycles. The van der Waals surface area contributed by atoms with Crippen molar-refractivity contribution in [1.29, 1.82) is 0 Å². The summed E-state index contributed by atoms with van der Waals surface area (Å²) >= 11 is 0. The first-order valence-corrected chi connectivity index (χ1v) is 30.3. The van der Waals surface area contributed by atoms with Gasteiger partial charge in [0.25, 0.3) is 0 Å². The van der Waals surface area contributed by atoms with E-state index in [1.165, 1.54) is 270 Å². The summed E-state index contributed by atoms with van der Waals surface area (Å²) in [6, 6.07) is 0. The van der Waals surface area contributed by atoms with E-state index in [2.05, 4.69) is 57.6 Å². The molecule has 0 amide bonds. The molecule has 0 aromatic rings. The van der Waals surface area contributed by atoms with Crippen LogP contribution in [0.5, 0.6) is 0 Å². The summed E-state index contributed by atoms with van der Waals surface area (Å²) in [5.74, 6) is -0.263. The maximum atomic E-state index is 11.5. The summed E-state index contributed by atoms with van der Waals surface area (Å²) < 4.78 is 35.0. The van der Waals surface area contributed by atoms with Gasteiger partial charge in [-0.05, 0) is 69.6 Å². The van der Waals surface area contributed by atoms with Gasteiger partial charge in [0.1, 0.15) is 18.6 Å². The first-order chi connectivity index (χ1) is 30.9. The zero-order valence-electron chi connectivity index (χ0n) is 43.2. The largest absolute Gasteiger partial charge is 0.748 e. The Labute approximate surface area is 397 Å². The number of rotatable bonds is 53. The van der Waals surface area contributed by atoms with Crippen LogP contribution in [0.15, 0.2) is 36.8 Å². The SMILES string of the molecule is CCCCCCCCCCCCCCCC/C=C/[N+](/C=C/CCCCCCCCCCCCCCCC)(/C=C/CCCCCCCCCCCCCCCC)CCCCS(=O)(=O)[O-]. The quantitative estimate of drug-likeness (QED) is 0.0347. The first kappa shape index (κ1) is 62.1. The van der Waals surface area contributed by atoms with Crippen LogP contribution in [0.25, 0.3) is 0 Å². The van der Waals surface area contributed by atoms with E-state index in [9.17, 15) is 13.0 Å². The number of unbranched alkanes of at least 4 members (excludes halogenated alkanes) is 43. The molecule has 0 radical (unpaired) electrons. The highest BCUT2D eigenvalue weighted by atomic mass is 32.2. The summed E-state index contributed by atoms with van der Waals surface area (Å²) in [5, 5.41) is 0. The van der Waals surface area contributed by atoms with E-state index in [1.807, 2.05) is 0 Å². The number of hydrogen-bond donors (Lipinski definition) is 0. The molecule has 0 N–H and O–H groups in total. The molecule has 4 nitrogen and oxygen atoms in total. The number of allylic oxidation sites excluding steroid dienone is 3. The molecule has 0 saturated heterocycles. The standard InChI is InChI=1S/C58H113NO3S/c1-4-7-10-13-16-19-22-25-28-31-34-37-40-43-46-49-54-59(57-52-53-58-63(60,61)62,55-50-47-44-41-38-35-32-29-26-23-20-17-14-11-8-5-2)56-51-48-45-42-39-36-33-30-27-24-21-18-15-12-9-6-3/h49-51,54-56H,4-48,52-53,57-58H2,1-3H3/b54-49+,55-50+,56-51+. The summed E-state index contributed by atoms with van der Waals surface area (Å²) in [6.45, 7) is 7.69. The minimum Gasteiger partial charge on any atom is -0.748 e. The molecule has 0 spiro atoms. The van der Waals surface area contributed by atoms with Gasteiger partial charge in [-0.25, -0.2) is 12.9 Å². The first-order valence-electron chi connectivity index (χ1n) is 28.7. The molecule has 374 valence electrons. The topological polar surface area (TPSA) is 57.2 Å². The second-order valence-corrected chi connectivity index (χ2v) is 21.5. The summed E-state index contributed by atoms with van der Waals surface area (Å²) in [4.78, 5) is 0. The van der Waals surface area contributed by atoms with Crippen molar-refractivity contribution in [2.45, 2.75) is 323 Å². The van der Waals surface area contributed by atoms with Crippen molar-refractivity contribution in [3.05, 3.63) is 36.8 Å². The van der Waals surface area contributed by atoms with E-state index in [1.54, 1.807) is 0 Å². The Morgan fingerprint density at radius 3 is 0.714 bits per heavy atom. The highest BCUT2D eigenvalue weighted by Crippen LogP contribution is 2.21. The fourth-order valence-corrected chi connectivity index (χ4v) is 9.78. The molecule has 0 unspecified atom stereocenters. The van der Waals surface area contributed by atoms with Crippen molar-refractivity contribution in [3.63, 3.8) is 0 Å². The lowest BCUT2D eigenvalue weighted by Gasteiger charge is -2.27. The Hall–Kier alpha value is -0.910. The van der Waals surface area contributed by atoms with Crippen molar-refractivity contribution < 1.29 is 17.5 Å². The summed E-state index contributed by atoms with van der Waals surface area (Å²) in [5.41, 5.74) is 0. The molecular weight excluding hydrogens is 791 g/mol. The molecule has 0 saturated carbocycles. The molecule has 0 aliphatic heterocycles. The van der Waals surface area contributed by atoms with Gasteiger partial charge in [-0.1, -0.05) is 271 Å². The van der Waals surface area contributed by atoms with Crippen molar-refractivity contribution >= 4 is 10.1 Å². The molecule has 0 bridgehead atoms. The zero-order valence-corrected chi connectivity index (χ0v) is 44.0. The van der Waals surface area contributed by atoms with Crippen LogP contribution in [-0.4, -0.2) is 29.8 Å². The Morgan fingerprint density at radius 1 is 0.302 bits per heavy atom. The van der Waals surface area contributed by atoms with E-state index >= 15 is 0 Å². The minimum atomic E-state index is -4.19. The predicted molar refractivity (Wildman–Crippen MR) is 281 cm³/mol. The van der Waals surface area contributed by atoms with Gasteiger partial charge in [-0.2, -0.15) is 0 Å². The normalized spacial score (nSPS) is 12.6. The third-order valence-corrected chi connectivity index (χ3v) is 14.3. The summed E-state index contributed by atoms with van der Waals surface area (Å²) in [7, 11) is -4.19. The lowest BCUT2D eigenvalue weighted by molar-refractivity contribution is -0.774. The van der Waals surface area contributed by atoms with Crippen molar-refractivity contribution in [2.75, 3.05) is 12.3 Å². The van der Waals surface area contributed by atoms with Crippen LogP contribution in [0.3, 0.4) is 0 Å². The van der Waals surface area contributed by atoms with Crippen LogP contribution in [0.1, 0.15) is 323 Å². The fraction of sp³-hybridized carbons (Fsp3) is 0.897. The smallest absolute Gasteiger partial charge is 0.101 e. The van der Waals surface area contributed by atoms with Gasteiger partial charge in [0.2, 0.25) is 0 Å². The minimum absolute atomic E-state index is 0.263. The van der Waals surface area contributed by atoms with Crippen molar-refractivity contribution in [3.8, 4) is 0 Å². The number of hydrogen-bond acceptors (Lipinski definition) is 3. The molecule has 0 aliphatic rings. The second kappa shape index (κ2) is 50.5. The fourth-order valence-electron chi connectivity index (χ4n) is 9.22. The predicted octanol–water partition coefficient (Wildman–Crippen LogP) is 20.3. The van der Waals surface area contributed by atoms with E-state index in [0.29, 0.717) is 10.9 Å². The Morgan fingerprint density at radius 2 is 0.508 bits per heavy atom. The highest BCUT2D eigenvalue weighted by molar-refractivity contribution is 7.85. The maximum absolute atomic E-state index is 11.5. The molecular formula is C58H113NO3S. The molecule has 0 aromatic carbocycles. The average Bonchev–Trinajstić information content (AvgIpc) is 3.27. The van der Waals surface area contributed by atoms with E-state index in [-0.39, 0.29) is 5.75 Å². The molecule has 0 fully saturated rings. The molecule has 0 atom stereocenters. The molecule has 0 rings (SSSR count). The Balaban J connectivity index is 4.97. The van der Waals surface area contributed by atoms with Gasteiger partial charge >= 0.3 is 0 Å². The van der Waals surface area contributed by atoms with Crippen LogP contribution in [0, 0.1) is 0 Å².